The Balaban J connectivity index is 2.60. The van der Waals surface area contributed by atoms with Gasteiger partial charge in [0.1, 0.15) is 0 Å². The number of hydrogen-bond acceptors (Lipinski definition) is 0. The first-order chi connectivity index (χ1) is 4.41. The fraction of sp³-hybridized carbons (Fsp3) is 0.875. The molecule has 0 saturated carbocycles. The van der Waals surface area contributed by atoms with Crippen LogP contribution in [0.3, 0.4) is 0 Å². The average Bonchev–Trinajstić information content (AvgIpc) is 1.89. The highest BCUT2D eigenvalue weighted by molar-refractivity contribution is 6.14. The second kappa shape index (κ2) is 8.22. The van der Waals surface area contributed by atoms with Crippen molar-refractivity contribution in [1.29, 1.82) is 0 Å². The molecule has 0 aromatic rings. The van der Waals surface area contributed by atoms with Crippen molar-refractivity contribution in [1.82, 2.24) is 0 Å². The summed E-state index contributed by atoms with van der Waals surface area (Å²) in [7, 11) is 1.28. The lowest BCUT2D eigenvalue weighted by molar-refractivity contribution is 0.634. The van der Waals surface area contributed by atoms with Crippen LogP contribution in [0, 0.1) is 6.04 Å². The molecule has 0 aromatic heterocycles. The third-order valence-electron chi connectivity index (χ3n) is 1.60. The molecule has 0 fully saturated rings. The minimum Gasteiger partial charge on any atom is -0.0654 e. The normalized spacial score (nSPS) is 10.3. The van der Waals surface area contributed by atoms with Crippen LogP contribution in [0.2, 0.25) is 0 Å². The van der Waals surface area contributed by atoms with E-state index in [9.17, 15) is 0 Å². The number of unbranched alkanes of at least 4 members (excludes halogenated alkanes) is 5. The largest absolute Gasteiger partial charge is 0.0654 e. The van der Waals surface area contributed by atoms with Gasteiger partial charge in [0.25, 0.3) is 0 Å². The standard InChI is InChI=1S/C8H19Si/c1-2-3-4-5-6-7-8-9/h8H,2-7H2,1,9H3. The van der Waals surface area contributed by atoms with Crippen LogP contribution < -0.4 is 0 Å². The van der Waals surface area contributed by atoms with Crippen molar-refractivity contribution < 1.29 is 0 Å². The van der Waals surface area contributed by atoms with Crippen molar-refractivity contribution in [2.24, 2.45) is 0 Å². The molecule has 0 unspecified atom stereocenters. The molecule has 1 heteroatoms. The first-order valence-electron chi connectivity index (χ1n) is 4.19. The first-order valence-corrected chi connectivity index (χ1v) is 5.35. The van der Waals surface area contributed by atoms with Crippen LogP contribution >= 0.6 is 0 Å². The van der Waals surface area contributed by atoms with E-state index in [-0.39, 0.29) is 0 Å². The highest BCUT2D eigenvalue weighted by atomic mass is 28.1. The predicted molar refractivity (Wildman–Crippen MR) is 47.6 cm³/mol. The molecule has 0 aromatic carbocycles. The minimum absolute atomic E-state index is 1.28. The molecule has 0 aliphatic heterocycles. The highest BCUT2D eigenvalue weighted by Gasteiger charge is 1.85. The molecule has 0 bridgehead atoms. The SMILES string of the molecule is CCCCCCC[CH][SiH3]. The van der Waals surface area contributed by atoms with E-state index in [0.29, 0.717) is 0 Å². The molecule has 55 valence electrons. The second-order valence-electron chi connectivity index (χ2n) is 2.61. The molecule has 0 heterocycles. The summed E-state index contributed by atoms with van der Waals surface area (Å²) in [4.78, 5) is 0. The van der Waals surface area contributed by atoms with Gasteiger partial charge in [0.05, 0.1) is 0 Å². The van der Waals surface area contributed by atoms with Gasteiger partial charge in [0.15, 0.2) is 0 Å². The Morgan fingerprint density at radius 3 is 2.33 bits per heavy atom. The summed E-state index contributed by atoms with van der Waals surface area (Å²) in [5, 5.41) is 0. The fourth-order valence-corrected chi connectivity index (χ4v) is 1.36. The molecule has 0 atom stereocenters. The van der Waals surface area contributed by atoms with Crippen molar-refractivity contribution in [3.05, 3.63) is 6.04 Å². The monoisotopic (exact) mass is 143 g/mol. The molecule has 0 rings (SSSR count). The Morgan fingerprint density at radius 1 is 1.11 bits per heavy atom. The smallest absolute Gasteiger partial charge is 0.00667 e. The molecular formula is C8H19Si. The molecule has 0 aliphatic rings. The zero-order valence-corrected chi connectivity index (χ0v) is 8.82. The van der Waals surface area contributed by atoms with Crippen molar-refractivity contribution in [3.63, 3.8) is 0 Å². The maximum absolute atomic E-state index is 2.39. The third kappa shape index (κ3) is 8.22. The van der Waals surface area contributed by atoms with Crippen LogP contribution in [-0.4, -0.2) is 10.2 Å². The van der Waals surface area contributed by atoms with Crippen molar-refractivity contribution in [3.8, 4) is 0 Å². The van der Waals surface area contributed by atoms with E-state index >= 15 is 0 Å². The van der Waals surface area contributed by atoms with E-state index in [4.69, 9.17) is 0 Å². The van der Waals surface area contributed by atoms with E-state index in [2.05, 4.69) is 13.0 Å². The van der Waals surface area contributed by atoms with E-state index in [1.165, 1.54) is 48.8 Å². The quantitative estimate of drug-likeness (QED) is 0.393. The lowest BCUT2D eigenvalue weighted by atomic mass is 10.1. The molecule has 0 amide bonds. The Bertz CT molecular complexity index is 37.8. The summed E-state index contributed by atoms with van der Waals surface area (Å²) in [6, 6.07) is 2.39. The van der Waals surface area contributed by atoms with E-state index in [0.717, 1.165) is 0 Å². The number of hydrogen-bond donors (Lipinski definition) is 0. The van der Waals surface area contributed by atoms with Gasteiger partial charge >= 0.3 is 0 Å². The van der Waals surface area contributed by atoms with Gasteiger partial charge in [0.2, 0.25) is 0 Å². The Kier molecular flexibility index (Phi) is 8.41. The molecule has 0 saturated heterocycles. The van der Waals surface area contributed by atoms with Crippen LogP contribution in [0.4, 0.5) is 0 Å². The van der Waals surface area contributed by atoms with Gasteiger partial charge in [-0.15, -0.1) is 0 Å². The number of rotatable bonds is 6. The van der Waals surface area contributed by atoms with E-state index in [1.807, 2.05) is 0 Å². The molecule has 0 aliphatic carbocycles. The Morgan fingerprint density at radius 2 is 1.78 bits per heavy atom. The van der Waals surface area contributed by atoms with Gasteiger partial charge in [-0.3, -0.25) is 0 Å². The summed E-state index contributed by atoms with van der Waals surface area (Å²) in [6.07, 6.45) is 8.50. The van der Waals surface area contributed by atoms with Crippen LogP contribution in [0.5, 0.6) is 0 Å². The molecule has 9 heavy (non-hydrogen) atoms. The van der Waals surface area contributed by atoms with Crippen LogP contribution in [0.1, 0.15) is 45.4 Å². The Hall–Kier alpha value is 0.217. The molecule has 0 spiro atoms. The van der Waals surface area contributed by atoms with Gasteiger partial charge < -0.3 is 0 Å². The summed E-state index contributed by atoms with van der Waals surface area (Å²) in [5.74, 6) is 0. The van der Waals surface area contributed by atoms with Crippen LogP contribution in [0.25, 0.3) is 0 Å². The maximum Gasteiger partial charge on any atom is 0.00667 e. The lowest BCUT2D eigenvalue weighted by Gasteiger charge is -1.95. The van der Waals surface area contributed by atoms with Crippen LogP contribution in [-0.2, 0) is 0 Å². The van der Waals surface area contributed by atoms with Gasteiger partial charge in [-0.2, -0.15) is 0 Å². The zero-order valence-electron chi connectivity index (χ0n) is 6.82. The first kappa shape index (κ1) is 9.22. The maximum atomic E-state index is 2.39. The van der Waals surface area contributed by atoms with Crippen LogP contribution in [0.15, 0.2) is 0 Å². The van der Waals surface area contributed by atoms with Gasteiger partial charge in [-0.05, 0) is 0 Å². The van der Waals surface area contributed by atoms with Crippen molar-refractivity contribution in [2.45, 2.75) is 45.4 Å². The van der Waals surface area contributed by atoms with E-state index < -0.39 is 0 Å². The van der Waals surface area contributed by atoms with Gasteiger partial charge in [-0.25, -0.2) is 0 Å². The van der Waals surface area contributed by atoms with E-state index in [1.54, 1.807) is 0 Å². The average molecular weight is 143 g/mol. The molecule has 0 N–H and O–H groups in total. The minimum atomic E-state index is 1.28. The molecular weight excluding hydrogens is 124 g/mol. The van der Waals surface area contributed by atoms with Crippen molar-refractivity contribution >= 4 is 10.2 Å². The third-order valence-corrected chi connectivity index (χ3v) is 2.17. The molecule has 0 nitrogen and oxygen atoms in total. The highest BCUT2D eigenvalue weighted by Crippen LogP contribution is 2.04. The summed E-state index contributed by atoms with van der Waals surface area (Å²) >= 11 is 0. The second-order valence-corrected chi connectivity index (χ2v) is 3.43. The molecule has 1 radical (unpaired) electrons. The Labute approximate surface area is 62.5 Å². The summed E-state index contributed by atoms with van der Waals surface area (Å²) < 4.78 is 0. The lowest BCUT2D eigenvalue weighted by Crippen LogP contribution is -1.78. The zero-order chi connectivity index (χ0) is 6.95. The van der Waals surface area contributed by atoms with Crippen molar-refractivity contribution in [2.75, 3.05) is 0 Å². The predicted octanol–water partition coefficient (Wildman–Crippen LogP) is 1.87. The fourth-order valence-electron chi connectivity index (χ4n) is 0.952. The van der Waals surface area contributed by atoms with Gasteiger partial charge in [-0.1, -0.05) is 51.5 Å². The summed E-state index contributed by atoms with van der Waals surface area (Å²) in [6.45, 7) is 2.26. The van der Waals surface area contributed by atoms with Gasteiger partial charge in [0, 0.05) is 10.2 Å². The topological polar surface area (TPSA) is 0 Å². The summed E-state index contributed by atoms with van der Waals surface area (Å²) in [5.41, 5.74) is 0.